The maximum absolute atomic E-state index is 12.5. The van der Waals surface area contributed by atoms with Crippen LogP contribution in [0.1, 0.15) is 80.2 Å². The van der Waals surface area contributed by atoms with Crippen LogP contribution in [0.2, 0.25) is 0 Å². The number of rotatable bonds is 11. The van der Waals surface area contributed by atoms with E-state index in [1.165, 1.54) is 63.5 Å². The monoisotopic (exact) mass is 479 g/mol. The van der Waals surface area contributed by atoms with Crippen LogP contribution in [-0.4, -0.2) is 42.7 Å². The standard InChI is InChI=1S/C22H29N3O7S/c1-31-17-10-12-18(13-11-17)33(29,30)25-21(28)20-23-22(32-24-20)16(14-19(26)27)9-5-8-15-6-3-2-4-7-15/h10-13,15-16H,2-9,14H2,1H3,(H,25,28)(H,26,27). The first-order valence-electron chi connectivity index (χ1n) is 11.0. The van der Waals surface area contributed by atoms with Gasteiger partial charge < -0.3 is 14.4 Å². The fraction of sp³-hybridized carbons (Fsp3) is 0.545. The number of carbonyl (C=O) groups is 2. The zero-order chi connectivity index (χ0) is 23.8. The predicted molar refractivity (Wildman–Crippen MR) is 117 cm³/mol. The van der Waals surface area contributed by atoms with Gasteiger partial charge in [0, 0.05) is 5.92 Å². The molecular formula is C22H29N3O7S. The van der Waals surface area contributed by atoms with Crippen molar-refractivity contribution >= 4 is 21.9 Å². The molecule has 0 bridgehead atoms. The largest absolute Gasteiger partial charge is 0.497 e. The van der Waals surface area contributed by atoms with Crippen LogP contribution in [0.25, 0.3) is 0 Å². The lowest BCUT2D eigenvalue weighted by atomic mass is 9.84. The van der Waals surface area contributed by atoms with Crippen molar-refractivity contribution in [2.45, 2.75) is 68.6 Å². The van der Waals surface area contributed by atoms with E-state index >= 15 is 0 Å². The zero-order valence-corrected chi connectivity index (χ0v) is 19.3. The molecule has 0 radical (unpaired) electrons. The Bertz CT molecular complexity index is 1040. The summed E-state index contributed by atoms with van der Waals surface area (Å²) >= 11 is 0. The van der Waals surface area contributed by atoms with Gasteiger partial charge >= 0.3 is 11.9 Å². The number of amides is 1. The SMILES string of the molecule is COc1ccc(S(=O)(=O)NC(=O)c2noc(C(CCCC3CCCCC3)CC(=O)O)n2)cc1. The van der Waals surface area contributed by atoms with Gasteiger partial charge in [0.2, 0.25) is 5.89 Å². The topological polar surface area (TPSA) is 149 Å². The highest BCUT2D eigenvalue weighted by atomic mass is 32.2. The van der Waals surface area contributed by atoms with E-state index in [4.69, 9.17) is 9.26 Å². The molecule has 2 aromatic rings. The molecule has 1 aliphatic rings. The maximum Gasteiger partial charge on any atom is 0.306 e. The minimum Gasteiger partial charge on any atom is -0.497 e. The van der Waals surface area contributed by atoms with Gasteiger partial charge in [0.1, 0.15) is 5.75 Å². The number of aromatic nitrogens is 2. The lowest BCUT2D eigenvalue weighted by molar-refractivity contribution is -0.137. The minimum atomic E-state index is -4.16. The van der Waals surface area contributed by atoms with Crippen LogP contribution in [-0.2, 0) is 14.8 Å². The average molecular weight is 480 g/mol. The highest BCUT2D eigenvalue weighted by molar-refractivity contribution is 7.90. The second-order valence-corrected chi connectivity index (χ2v) is 9.98. The molecule has 11 heteroatoms. The van der Waals surface area contributed by atoms with Crippen LogP contribution in [0.4, 0.5) is 0 Å². The second-order valence-electron chi connectivity index (χ2n) is 8.30. The van der Waals surface area contributed by atoms with E-state index in [0.717, 1.165) is 12.8 Å². The molecule has 0 aliphatic heterocycles. The van der Waals surface area contributed by atoms with Crippen LogP contribution in [0.5, 0.6) is 5.75 Å². The summed E-state index contributed by atoms with van der Waals surface area (Å²) in [5.41, 5.74) is 0. The number of carbonyl (C=O) groups excluding carboxylic acids is 1. The molecule has 1 unspecified atom stereocenters. The smallest absolute Gasteiger partial charge is 0.306 e. The Balaban J connectivity index is 1.63. The van der Waals surface area contributed by atoms with Gasteiger partial charge in [-0.25, -0.2) is 13.1 Å². The molecule has 1 heterocycles. The summed E-state index contributed by atoms with van der Waals surface area (Å²) in [4.78, 5) is 27.6. The van der Waals surface area contributed by atoms with E-state index < -0.39 is 33.6 Å². The highest BCUT2D eigenvalue weighted by Gasteiger charge is 2.27. The van der Waals surface area contributed by atoms with Gasteiger partial charge in [-0.15, -0.1) is 0 Å². The van der Waals surface area contributed by atoms with Crippen molar-refractivity contribution in [2.75, 3.05) is 7.11 Å². The number of sulfonamides is 1. The lowest BCUT2D eigenvalue weighted by Gasteiger charge is -2.21. The summed E-state index contributed by atoms with van der Waals surface area (Å²) in [5, 5.41) is 12.8. The molecule has 1 aromatic heterocycles. The number of carboxylic acids is 1. The van der Waals surface area contributed by atoms with E-state index in [1.54, 1.807) is 0 Å². The van der Waals surface area contributed by atoms with Crippen molar-refractivity contribution in [3.63, 3.8) is 0 Å². The van der Waals surface area contributed by atoms with Crippen molar-refractivity contribution in [1.29, 1.82) is 0 Å². The number of hydrogen-bond donors (Lipinski definition) is 2. The van der Waals surface area contributed by atoms with Crippen molar-refractivity contribution < 1.29 is 32.4 Å². The Morgan fingerprint density at radius 1 is 1.21 bits per heavy atom. The Labute approximate surface area is 192 Å². The Morgan fingerprint density at radius 2 is 1.91 bits per heavy atom. The predicted octanol–water partition coefficient (Wildman–Crippen LogP) is 3.51. The van der Waals surface area contributed by atoms with Crippen LogP contribution in [0.3, 0.4) is 0 Å². The Hall–Kier alpha value is -2.95. The van der Waals surface area contributed by atoms with Crippen molar-refractivity contribution in [2.24, 2.45) is 5.92 Å². The maximum atomic E-state index is 12.5. The van der Waals surface area contributed by atoms with Crippen molar-refractivity contribution in [1.82, 2.24) is 14.9 Å². The molecule has 0 saturated heterocycles. The molecule has 180 valence electrons. The van der Waals surface area contributed by atoms with Crippen molar-refractivity contribution in [3.05, 3.63) is 36.0 Å². The number of nitrogens with zero attached hydrogens (tertiary/aromatic N) is 2. The first-order chi connectivity index (χ1) is 15.8. The number of carboxylic acid groups (broad SMARTS) is 1. The first kappa shape index (κ1) is 24.7. The summed E-state index contributed by atoms with van der Waals surface area (Å²) < 4.78 is 36.9. The van der Waals surface area contributed by atoms with Gasteiger partial charge in [0.05, 0.1) is 18.4 Å². The van der Waals surface area contributed by atoms with Crippen molar-refractivity contribution in [3.8, 4) is 5.75 Å². The molecule has 1 aromatic carbocycles. The van der Waals surface area contributed by atoms with Gasteiger partial charge in [-0.2, -0.15) is 4.98 Å². The molecular weight excluding hydrogens is 450 g/mol. The van der Waals surface area contributed by atoms with Gasteiger partial charge in [0.15, 0.2) is 0 Å². The summed E-state index contributed by atoms with van der Waals surface area (Å²) in [5.74, 6) is -1.93. The van der Waals surface area contributed by atoms with Gasteiger partial charge in [-0.3, -0.25) is 9.59 Å². The normalized spacial score (nSPS) is 15.7. The van der Waals surface area contributed by atoms with Crippen LogP contribution in [0.15, 0.2) is 33.7 Å². The fourth-order valence-electron chi connectivity index (χ4n) is 4.13. The summed E-state index contributed by atoms with van der Waals surface area (Å²) in [6.45, 7) is 0. The Morgan fingerprint density at radius 3 is 2.55 bits per heavy atom. The van der Waals surface area contributed by atoms with Crippen LogP contribution < -0.4 is 9.46 Å². The molecule has 1 saturated carbocycles. The molecule has 1 amide bonds. The number of aliphatic carboxylic acids is 1. The summed E-state index contributed by atoms with van der Waals surface area (Å²) in [6.07, 6.45) is 8.33. The first-order valence-corrected chi connectivity index (χ1v) is 12.5. The molecule has 1 atom stereocenters. The summed E-state index contributed by atoms with van der Waals surface area (Å²) in [6, 6.07) is 5.50. The quantitative estimate of drug-likeness (QED) is 0.494. The number of methoxy groups -OCH3 is 1. The average Bonchev–Trinajstić information content (AvgIpc) is 3.29. The third-order valence-electron chi connectivity index (χ3n) is 5.90. The van der Waals surface area contributed by atoms with E-state index in [-0.39, 0.29) is 17.2 Å². The molecule has 2 N–H and O–H groups in total. The van der Waals surface area contributed by atoms with Gasteiger partial charge in [-0.1, -0.05) is 50.1 Å². The van der Waals surface area contributed by atoms with Crippen LogP contribution >= 0.6 is 0 Å². The molecule has 3 rings (SSSR count). The fourth-order valence-corrected chi connectivity index (χ4v) is 5.07. The number of nitrogens with one attached hydrogen (secondary N) is 1. The van der Waals surface area contributed by atoms with E-state index in [2.05, 4.69) is 10.1 Å². The lowest BCUT2D eigenvalue weighted by Crippen LogP contribution is -2.31. The number of hydrogen-bond acceptors (Lipinski definition) is 8. The molecule has 10 nitrogen and oxygen atoms in total. The highest BCUT2D eigenvalue weighted by Crippen LogP contribution is 2.31. The second kappa shape index (κ2) is 11.3. The molecule has 0 spiro atoms. The zero-order valence-electron chi connectivity index (χ0n) is 18.5. The van der Waals surface area contributed by atoms with Gasteiger partial charge in [0.25, 0.3) is 15.8 Å². The van der Waals surface area contributed by atoms with E-state index in [0.29, 0.717) is 18.1 Å². The Kier molecular flexibility index (Phi) is 8.43. The summed E-state index contributed by atoms with van der Waals surface area (Å²) in [7, 11) is -2.71. The molecule has 33 heavy (non-hydrogen) atoms. The third kappa shape index (κ3) is 7.01. The van der Waals surface area contributed by atoms with Crippen LogP contribution in [0, 0.1) is 5.92 Å². The molecule has 1 aliphatic carbocycles. The van der Waals surface area contributed by atoms with E-state index in [9.17, 15) is 23.1 Å². The number of ether oxygens (including phenoxy) is 1. The van der Waals surface area contributed by atoms with Gasteiger partial charge in [-0.05, 0) is 36.6 Å². The van der Waals surface area contributed by atoms with E-state index in [1.807, 2.05) is 4.72 Å². The third-order valence-corrected chi connectivity index (χ3v) is 7.25. The minimum absolute atomic E-state index is 0.0213. The molecule has 1 fully saturated rings. The number of benzene rings is 1.